The number of nitrogens with zero attached hydrogens (tertiary/aromatic N) is 1. The van der Waals surface area contributed by atoms with Gasteiger partial charge in [-0.3, -0.25) is 4.79 Å². The monoisotopic (exact) mass is 441 g/mol. The molecule has 1 atom stereocenters. The first-order valence-electron chi connectivity index (χ1n) is 11.5. The minimum absolute atomic E-state index is 0.0399. The molecule has 1 amide bonds. The fourth-order valence-corrected chi connectivity index (χ4v) is 5.22. The predicted octanol–water partition coefficient (Wildman–Crippen LogP) is 5.71. The van der Waals surface area contributed by atoms with Crippen LogP contribution in [0.15, 0.2) is 48.5 Å². The van der Waals surface area contributed by atoms with E-state index in [-0.39, 0.29) is 5.91 Å². The molecule has 1 aliphatic heterocycles. The third-order valence-corrected chi connectivity index (χ3v) is 6.99. The van der Waals surface area contributed by atoms with Crippen LogP contribution in [0.2, 0.25) is 5.02 Å². The molecule has 1 unspecified atom stereocenters. The zero-order valence-corrected chi connectivity index (χ0v) is 18.8. The van der Waals surface area contributed by atoms with E-state index in [0.717, 1.165) is 62.7 Å². The number of ether oxygens (including phenoxy) is 1. The molecule has 166 valence electrons. The lowest BCUT2D eigenvalue weighted by atomic mass is 9.72. The predicted molar refractivity (Wildman–Crippen MR) is 123 cm³/mol. The van der Waals surface area contributed by atoms with Gasteiger partial charge in [-0.15, -0.1) is 0 Å². The molecule has 2 aliphatic rings. The van der Waals surface area contributed by atoms with Crippen LogP contribution in [0.5, 0.6) is 5.75 Å². The van der Waals surface area contributed by atoms with Gasteiger partial charge in [0.1, 0.15) is 12.4 Å². The standard InChI is InChI=1S/C26H32ClNO3/c27-22-18-21(12-13-23(22)31-19-20-10-4-1-5-11-20)24(26(30)14-6-2-7-15-26)25(29)28-16-8-3-9-17-28/h1,4-5,10-13,18,24,30H,2-3,6-9,14-17,19H2. The van der Waals surface area contributed by atoms with E-state index in [0.29, 0.717) is 30.2 Å². The molecule has 4 rings (SSSR count). The third-order valence-electron chi connectivity index (χ3n) is 6.70. The Kier molecular flexibility index (Phi) is 7.19. The van der Waals surface area contributed by atoms with Crippen LogP contribution in [0.1, 0.15) is 68.4 Å². The summed E-state index contributed by atoms with van der Waals surface area (Å²) in [5.41, 5.74) is 0.844. The average Bonchev–Trinajstić information content (AvgIpc) is 2.80. The van der Waals surface area contributed by atoms with Gasteiger partial charge in [0.2, 0.25) is 5.91 Å². The van der Waals surface area contributed by atoms with E-state index in [2.05, 4.69) is 0 Å². The van der Waals surface area contributed by atoms with Gasteiger partial charge in [-0.25, -0.2) is 0 Å². The highest BCUT2D eigenvalue weighted by atomic mass is 35.5. The van der Waals surface area contributed by atoms with Crippen molar-refractivity contribution in [1.29, 1.82) is 0 Å². The highest BCUT2D eigenvalue weighted by Crippen LogP contribution is 2.43. The molecule has 2 fully saturated rings. The summed E-state index contributed by atoms with van der Waals surface area (Å²) in [4.78, 5) is 15.5. The Labute approximate surface area is 190 Å². The van der Waals surface area contributed by atoms with Crippen LogP contribution >= 0.6 is 11.6 Å². The van der Waals surface area contributed by atoms with E-state index in [1.807, 2.05) is 53.4 Å². The number of likely N-dealkylation sites (tertiary alicyclic amines) is 1. The van der Waals surface area contributed by atoms with Crippen LogP contribution in [0.3, 0.4) is 0 Å². The largest absolute Gasteiger partial charge is 0.487 e. The number of hydrogen-bond acceptors (Lipinski definition) is 3. The maximum Gasteiger partial charge on any atom is 0.233 e. The van der Waals surface area contributed by atoms with Crippen molar-refractivity contribution in [2.75, 3.05) is 13.1 Å². The first-order valence-corrected chi connectivity index (χ1v) is 11.9. The second-order valence-electron chi connectivity index (χ2n) is 8.95. The van der Waals surface area contributed by atoms with E-state index in [1.165, 1.54) is 0 Å². The first-order chi connectivity index (χ1) is 15.1. The van der Waals surface area contributed by atoms with Crippen LogP contribution in [0, 0.1) is 0 Å². The molecule has 4 nitrogen and oxygen atoms in total. The smallest absolute Gasteiger partial charge is 0.233 e. The number of halogens is 1. The number of carbonyl (C=O) groups is 1. The molecule has 31 heavy (non-hydrogen) atoms. The highest BCUT2D eigenvalue weighted by molar-refractivity contribution is 6.32. The fraction of sp³-hybridized carbons (Fsp3) is 0.500. The molecular weight excluding hydrogens is 410 g/mol. The Morgan fingerprint density at radius 3 is 2.35 bits per heavy atom. The van der Waals surface area contributed by atoms with E-state index in [4.69, 9.17) is 16.3 Å². The fourth-order valence-electron chi connectivity index (χ4n) is 4.98. The summed E-state index contributed by atoms with van der Waals surface area (Å²) in [5.74, 6) is 0.0544. The van der Waals surface area contributed by atoms with Crippen LogP contribution in [0.4, 0.5) is 0 Å². The maximum atomic E-state index is 13.6. The molecule has 5 heteroatoms. The summed E-state index contributed by atoms with van der Waals surface area (Å²) in [6, 6.07) is 15.5. The summed E-state index contributed by atoms with van der Waals surface area (Å²) in [5, 5.41) is 12.1. The Morgan fingerprint density at radius 2 is 1.68 bits per heavy atom. The van der Waals surface area contributed by atoms with Crippen LogP contribution in [-0.2, 0) is 11.4 Å². The van der Waals surface area contributed by atoms with Crippen molar-refractivity contribution < 1.29 is 14.6 Å². The van der Waals surface area contributed by atoms with E-state index in [9.17, 15) is 9.90 Å². The Balaban J connectivity index is 1.58. The van der Waals surface area contributed by atoms with Crippen molar-refractivity contribution >= 4 is 17.5 Å². The molecule has 1 saturated heterocycles. The van der Waals surface area contributed by atoms with E-state index < -0.39 is 11.5 Å². The van der Waals surface area contributed by atoms with Gasteiger partial charge in [-0.2, -0.15) is 0 Å². The lowest BCUT2D eigenvalue weighted by Crippen LogP contribution is -2.49. The van der Waals surface area contributed by atoms with Gasteiger partial charge in [0.25, 0.3) is 0 Å². The number of amides is 1. The van der Waals surface area contributed by atoms with Crippen molar-refractivity contribution in [2.24, 2.45) is 0 Å². The van der Waals surface area contributed by atoms with Crippen molar-refractivity contribution in [1.82, 2.24) is 4.90 Å². The zero-order chi connectivity index (χ0) is 21.7. The number of benzene rings is 2. The zero-order valence-electron chi connectivity index (χ0n) is 18.1. The number of rotatable bonds is 6. The van der Waals surface area contributed by atoms with Crippen LogP contribution < -0.4 is 4.74 Å². The second kappa shape index (κ2) is 10.1. The Morgan fingerprint density at radius 1 is 1.00 bits per heavy atom. The summed E-state index contributed by atoms with van der Waals surface area (Å²) in [6.45, 7) is 1.98. The molecule has 2 aromatic rings. The van der Waals surface area contributed by atoms with Crippen molar-refractivity contribution in [3.05, 3.63) is 64.7 Å². The van der Waals surface area contributed by atoms with Crippen molar-refractivity contribution in [3.63, 3.8) is 0 Å². The first kappa shape index (κ1) is 22.2. The minimum atomic E-state index is -1.01. The topological polar surface area (TPSA) is 49.8 Å². The molecule has 1 aliphatic carbocycles. The molecule has 0 spiro atoms. The van der Waals surface area contributed by atoms with Crippen molar-refractivity contribution in [3.8, 4) is 5.75 Å². The molecule has 0 aromatic heterocycles. The van der Waals surface area contributed by atoms with Crippen molar-refractivity contribution in [2.45, 2.75) is 69.5 Å². The Hall–Kier alpha value is -2.04. The van der Waals surface area contributed by atoms with Gasteiger partial charge in [0.15, 0.2) is 0 Å². The second-order valence-corrected chi connectivity index (χ2v) is 9.35. The van der Waals surface area contributed by atoms with Gasteiger partial charge >= 0.3 is 0 Å². The lowest BCUT2D eigenvalue weighted by molar-refractivity contribution is -0.142. The van der Waals surface area contributed by atoms with Gasteiger partial charge in [0.05, 0.1) is 16.5 Å². The average molecular weight is 442 g/mol. The van der Waals surface area contributed by atoms with E-state index >= 15 is 0 Å². The van der Waals surface area contributed by atoms with Crippen LogP contribution in [0.25, 0.3) is 0 Å². The normalized spacial score (nSPS) is 19.6. The van der Waals surface area contributed by atoms with Gasteiger partial charge < -0.3 is 14.7 Å². The summed E-state index contributed by atoms with van der Waals surface area (Å²) >= 11 is 6.58. The van der Waals surface area contributed by atoms with Gasteiger partial charge in [0, 0.05) is 13.1 Å². The molecule has 0 radical (unpaired) electrons. The molecular formula is C26H32ClNO3. The maximum absolute atomic E-state index is 13.6. The van der Waals surface area contributed by atoms with Gasteiger partial charge in [-0.1, -0.05) is 67.3 Å². The number of aliphatic hydroxyl groups is 1. The van der Waals surface area contributed by atoms with Gasteiger partial charge in [-0.05, 0) is 55.4 Å². The molecule has 0 bridgehead atoms. The summed E-state index contributed by atoms with van der Waals surface area (Å²) in [6.07, 6.45) is 7.55. The SMILES string of the molecule is O=C(C(c1ccc(OCc2ccccc2)c(Cl)c1)C1(O)CCCCC1)N1CCCCC1. The molecule has 2 aromatic carbocycles. The molecule has 1 N–H and O–H groups in total. The van der Waals surface area contributed by atoms with E-state index in [1.54, 1.807) is 0 Å². The summed E-state index contributed by atoms with van der Waals surface area (Å²) in [7, 11) is 0. The third kappa shape index (κ3) is 5.24. The molecule has 1 saturated carbocycles. The van der Waals surface area contributed by atoms with Crippen LogP contribution in [-0.4, -0.2) is 34.6 Å². The molecule has 1 heterocycles. The highest BCUT2D eigenvalue weighted by Gasteiger charge is 2.45. The quantitative estimate of drug-likeness (QED) is 0.624. The Bertz CT molecular complexity index is 873. The number of carbonyl (C=O) groups excluding carboxylic acids is 1. The summed E-state index contributed by atoms with van der Waals surface area (Å²) < 4.78 is 5.92. The number of hydrogen-bond donors (Lipinski definition) is 1. The number of piperidine rings is 1. The minimum Gasteiger partial charge on any atom is -0.487 e. The lowest BCUT2D eigenvalue weighted by Gasteiger charge is -2.41.